The summed E-state index contributed by atoms with van der Waals surface area (Å²) in [5, 5.41) is 3.08. The summed E-state index contributed by atoms with van der Waals surface area (Å²) in [6, 6.07) is 2.73. The maximum absolute atomic E-state index is 13.1. The SMILES string of the molecule is CC.CC1C(C(=O)c2cc(C(F)(F)F)ccc2Cl)=NOC1c1cc(C(F)(F)F)cc(C(F)(F)F)c1. The molecule has 0 spiro atoms. The molecule has 2 aromatic rings. The van der Waals surface area contributed by atoms with E-state index in [1.807, 2.05) is 13.8 Å². The fraction of sp³-hybridized carbons (Fsp3) is 0.364. The van der Waals surface area contributed by atoms with Crippen molar-refractivity contribution in [1.82, 2.24) is 0 Å². The van der Waals surface area contributed by atoms with Crippen molar-refractivity contribution in [3.05, 3.63) is 69.2 Å². The predicted molar refractivity (Wildman–Crippen MR) is 109 cm³/mol. The zero-order valence-electron chi connectivity index (χ0n) is 18.2. The topological polar surface area (TPSA) is 38.7 Å². The number of carbonyl (C=O) groups is 1. The summed E-state index contributed by atoms with van der Waals surface area (Å²) < 4.78 is 118. The molecule has 0 radical (unpaired) electrons. The third-order valence-electron chi connectivity index (χ3n) is 4.86. The molecule has 2 unspecified atom stereocenters. The Morgan fingerprint density at radius 3 is 1.77 bits per heavy atom. The molecule has 0 saturated carbocycles. The summed E-state index contributed by atoms with van der Waals surface area (Å²) in [7, 11) is 0. The van der Waals surface area contributed by atoms with E-state index >= 15 is 0 Å². The number of alkyl halides is 9. The van der Waals surface area contributed by atoms with Gasteiger partial charge in [-0.2, -0.15) is 39.5 Å². The van der Waals surface area contributed by atoms with E-state index < -0.39 is 69.9 Å². The van der Waals surface area contributed by atoms with E-state index in [-0.39, 0.29) is 11.1 Å². The van der Waals surface area contributed by atoms with Crippen LogP contribution in [0.4, 0.5) is 39.5 Å². The van der Waals surface area contributed by atoms with Gasteiger partial charge >= 0.3 is 18.5 Å². The van der Waals surface area contributed by atoms with Gasteiger partial charge in [-0.05, 0) is 42.0 Å². The minimum Gasteiger partial charge on any atom is -0.387 e. The first-order valence-electron chi connectivity index (χ1n) is 9.94. The number of nitrogens with zero attached hydrogens (tertiary/aromatic N) is 1. The van der Waals surface area contributed by atoms with Gasteiger partial charge in [0.05, 0.1) is 21.7 Å². The van der Waals surface area contributed by atoms with Gasteiger partial charge in [-0.25, -0.2) is 0 Å². The highest BCUT2D eigenvalue weighted by molar-refractivity contribution is 6.50. The first-order valence-corrected chi connectivity index (χ1v) is 10.3. The molecule has 0 fully saturated rings. The second-order valence-electron chi connectivity index (χ2n) is 7.15. The molecule has 1 aliphatic heterocycles. The number of ketones is 1. The standard InChI is InChI=1S/C20H11ClF9NO2.C2H6/c1-8-15(16(32)13-7-10(18(22,23)24)2-3-14(13)21)31-33-17(8)9-4-11(19(25,26)27)6-12(5-9)20(28,29)30;1-2/h2-8,17H,1H3;1-2H3. The highest BCUT2D eigenvalue weighted by Gasteiger charge is 2.42. The smallest absolute Gasteiger partial charge is 0.387 e. The van der Waals surface area contributed by atoms with Crippen molar-refractivity contribution < 1.29 is 49.1 Å². The fourth-order valence-corrected chi connectivity index (χ4v) is 3.39. The molecular formula is C22H17ClF9NO2. The van der Waals surface area contributed by atoms with Crippen LogP contribution in [0.25, 0.3) is 0 Å². The first kappa shape index (κ1) is 28.5. The Morgan fingerprint density at radius 2 is 1.31 bits per heavy atom. The largest absolute Gasteiger partial charge is 0.416 e. The quantitative estimate of drug-likeness (QED) is 0.294. The summed E-state index contributed by atoms with van der Waals surface area (Å²) >= 11 is 5.83. The number of hydrogen-bond donors (Lipinski definition) is 0. The van der Waals surface area contributed by atoms with Crippen molar-refractivity contribution in [2.24, 2.45) is 11.1 Å². The average molecular weight is 534 g/mol. The van der Waals surface area contributed by atoms with Gasteiger partial charge in [-0.15, -0.1) is 0 Å². The van der Waals surface area contributed by atoms with Crippen LogP contribution in [0.2, 0.25) is 5.02 Å². The lowest BCUT2D eigenvalue weighted by Gasteiger charge is -2.19. The van der Waals surface area contributed by atoms with Crippen LogP contribution < -0.4 is 0 Å². The molecule has 0 amide bonds. The number of oxime groups is 1. The van der Waals surface area contributed by atoms with Crippen LogP contribution in [-0.4, -0.2) is 11.5 Å². The van der Waals surface area contributed by atoms with Gasteiger partial charge in [0.1, 0.15) is 5.71 Å². The van der Waals surface area contributed by atoms with Crippen molar-refractivity contribution in [3.8, 4) is 0 Å². The number of Topliss-reactive ketones (excluding diaryl/α,β-unsaturated/α-hetero) is 1. The summed E-state index contributed by atoms with van der Waals surface area (Å²) in [6.45, 7) is 5.23. The van der Waals surface area contributed by atoms with E-state index in [9.17, 15) is 44.3 Å². The average Bonchev–Trinajstić information content (AvgIpc) is 3.14. The Balaban J connectivity index is 0.00000210. The monoisotopic (exact) mass is 533 g/mol. The van der Waals surface area contributed by atoms with Crippen LogP contribution in [0.15, 0.2) is 41.6 Å². The van der Waals surface area contributed by atoms with Gasteiger partial charge in [0.2, 0.25) is 5.78 Å². The van der Waals surface area contributed by atoms with Gasteiger partial charge < -0.3 is 4.84 Å². The van der Waals surface area contributed by atoms with Crippen molar-refractivity contribution in [2.45, 2.75) is 45.4 Å². The Kier molecular flexibility index (Phi) is 8.20. The highest BCUT2D eigenvalue weighted by Crippen LogP contribution is 2.41. The molecule has 35 heavy (non-hydrogen) atoms. The number of hydrogen-bond acceptors (Lipinski definition) is 3. The van der Waals surface area contributed by atoms with Gasteiger partial charge in [0.25, 0.3) is 0 Å². The van der Waals surface area contributed by atoms with Crippen LogP contribution in [-0.2, 0) is 23.4 Å². The van der Waals surface area contributed by atoms with Crippen LogP contribution in [0.5, 0.6) is 0 Å². The van der Waals surface area contributed by atoms with Crippen molar-refractivity contribution in [1.29, 1.82) is 0 Å². The lowest BCUT2D eigenvalue weighted by Crippen LogP contribution is -2.23. The summed E-state index contributed by atoms with van der Waals surface area (Å²) in [4.78, 5) is 17.7. The molecular weight excluding hydrogens is 517 g/mol. The van der Waals surface area contributed by atoms with Crippen LogP contribution in [0.3, 0.4) is 0 Å². The molecule has 1 heterocycles. The van der Waals surface area contributed by atoms with E-state index in [1.165, 1.54) is 6.92 Å². The Bertz CT molecular complexity index is 1090. The van der Waals surface area contributed by atoms with Gasteiger partial charge in [0.15, 0.2) is 6.10 Å². The third-order valence-corrected chi connectivity index (χ3v) is 5.19. The number of carbonyl (C=O) groups excluding carboxylic acids is 1. The molecule has 0 aliphatic carbocycles. The van der Waals surface area contributed by atoms with Crippen LogP contribution in [0.1, 0.15) is 59.5 Å². The van der Waals surface area contributed by atoms with E-state index in [0.29, 0.717) is 24.3 Å². The zero-order chi connectivity index (χ0) is 26.9. The zero-order valence-corrected chi connectivity index (χ0v) is 18.9. The molecule has 3 nitrogen and oxygen atoms in total. The number of rotatable bonds is 3. The predicted octanol–water partition coefficient (Wildman–Crippen LogP) is 8.37. The minimum atomic E-state index is -5.11. The number of benzene rings is 2. The lowest BCUT2D eigenvalue weighted by atomic mass is 9.88. The maximum Gasteiger partial charge on any atom is 0.416 e. The highest BCUT2D eigenvalue weighted by atomic mass is 35.5. The lowest BCUT2D eigenvalue weighted by molar-refractivity contribution is -0.143. The molecule has 0 saturated heterocycles. The second kappa shape index (κ2) is 10.1. The Hall–Kier alpha value is -2.76. The molecule has 1 aliphatic rings. The maximum atomic E-state index is 13.1. The fourth-order valence-electron chi connectivity index (χ4n) is 3.19. The van der Waals surface area contributed by atoms with Crippen LogP contribution >= 0.6 is 11.6 Å². The molecule has 0 aromatic heterocycles. The van der Waals surface area contributed by atoms with Crippen molar-refractivity contribution in [2.75, 3.05) is 0 Å². The molecule has 0 N–H and O–H groups in total. The molecule has 3 rings (SSSR count). The van der Waals surface area contributed by atoms with E-state index in [0.717, 1.165) is 6.07 Å². The number of halogens is 10. The normalized spacial score (nSPS) is 18.4. The molecule has 13 heteroatoms. The summed E-state index contributed by atoms with van der Waals surface area (Å²) in [5.74, 6) is -2.31. The minimum absolute atomic E-state index is 0.0710. The van der Waals surface area contributed by atoms with E-state index in [2.05, 4.69) is 5.16 Å². The molecule has 192 valence electrons. The van der Waals surface area contributed by atoms with E-state index in [1.54, 1.807) is 0 Å². The third kappa shape index (κ3) is 6.28. The summed E-state index contributed by atoms with van der Waals surface area (Å²) in [6.07, 6.45) is -16.5. The van der Waals surface area contributed by atoms with E-state index in [4.69, 9.17) is 16.4 Å². The molecule has 2 atom stereocenters. The van der Waals surface area contributed by atoms with Crippen molar-refractivity contribution in [3.63, 3.8) is 0 Å². The van der Waals surface area contributed by atoms with Gasteiger partial charge in [-0.1, -0.05) is 37.5 Å². The van der Waals surface area contributed by atoms with Crippen molar-refractivity contribution >= 4 is 23.1 Å². The second-order valence-corrected chi connectivity index (χ2v) is 7.56. The Labute approximate surface area is 198 Å². The summed E-state index contributed by atoms with van der Waals surface area (Å²) in [5.41, 5.74) is -6.04. The molecule has 0 bridgehead atoms. The van der Waals surface area contributed by atoms with Gasteiger partial charge in [-0.3, -0.25) is 4.79 Å². The van der Waals surface area contributed by atoms with Gasteiger partial charge in [0, 0.05) is 11.5 Å². The first-order chi connectivity index (χ1) is 16.0. The Morgan fingerprint density at radius 1 is 0.829 bits per heavy atom. The molecule has 2 aromatic carbocycles. The van der Waals surface area contributed by atoms with Crippen LogP contribution in [0, 0.1) is 5.92 Å².